The molecule has 3 rings (SSSR count). The number of benzene rings is 3. The molecule has 45 heavy (non-hydrogen) atoms. The van der Waals surface area contributed by atoms with Gasteiger partial charge in [0.2, 0.25) is 0 Å². The van der Waals surface area contributed by atoms with Gasteiger partial charge in [-0.15, -0.1) is 0 Å². The molecule has 248 valence electrons. The monoisotopic (exact) mass is 615 g/mol. The summed E-state index contributed by atoms with van der Waals surface area (Å²) in [6, 6.07) is 31.8. The van der Waals surface area contributed by atoms with Gasteiger partial charge in [-0.2, -0.15) is 0 Å². The highest BCUT2D eigenvalue weighted by Crippen LogP contribution is 2.40. The van der Waals surface area contributed by atoms with Gasteiger partial charge in [0.1, 0.15) is 5.60 Å². The van der Waals surface area contributed by atoms with E-state index in [1.54, 1.807) is 0 Å². The summed E-state index contributed by atoms with van der Waals surface area (Å²) in [5.41, 5.74) is 2.75. The lowest BCUT2D eigenvalue weighted by atomic mass is 9.80. The largest absolute Gasteiger partial charge is 0.392 e. The number of hydrogen-bond acceptors (Lipinski definition) is 4. The third-order valence-corrected chi connectivity index (χ3v) is 8.95. The van der Waals surface area contributed by atoms with Crippen LogP contribution >= 0.6 is 0 Å². The van der Waals surface area contributed by atoms with Crippen molar-refractivity contribution in [1.82, 2.24) is 4.90 Å². The van der Waals surface area contributed by atoms with Crippen LogP contribution in [0.25, 0.3) is 0 Å². The van der Waals surface area contributed by atoms with Gasteiger partial charge in [0.05, 0.1) is 12.2 Å². The number of rotatable bonds is 25. The summed E-state index contributed by atoms with van der Waals surface area (Å²) in [7, 11) is 0. The third-order valence-electron chi connectivity index (χ3n) is 8.95. The third kappa shape index (κ3) is 13.0. The Labute approximate surface area is 274 Å². The summed E-state index contributed by atoms with van der Waals surface area (Å²) in [6.07, 6.45) is 14.7. The smallest absolute Gasteiger partial charge is 0.143 e. The highest BCUT2D eigenvalue weighted by Gasteiger charge is 2.37. The van der Waals surface area contributed by atoms with Crippen molar-refractivity contribution < 1.29 is 14.9 Å². The number of nitrogens with zero attached hydrogens (tertiary/aromatic N) is 1. The Morgan fingerprint density at radius 3 is 1.36 bits per heavy atom. The Morgan fingerprint density at radius 2 is 0.933 bits per heavy atom. The van der Waals surface area contributed by atoms with E-state index < -0.39 is 5.60 Å². The van der Waals surface area contributed by atoms with Gasteiger partial charge in [0, 0.05) is 19.7 Å². The van der Waals surface area contributed by atoms with Crippen LogP contribution in [0.1, 0.15) is 120 Å². The average Bonchev–Trinajstić information content (AvgIpc) is 3.07. The average molecular weight is 616 g/mol. The SMILES string of the molecule is CCCCCCC(O)CN(CCCCCCOC(c1ccccc1)(c1ccccc1)c1ccccc1)CC(O)CCCCCC. The molecule has 4 heteroatoms. The zero-order valence-corrected chi connectivity index (χ0v) is 28.3. The Morgan fingerprint density at radius 1 is 0.533 bits per heavy atom. The molecular formula is C41H61NO3. The molecule has 0 aliphatic rings. The van der Waals surface area contributed by atoms with Gasteiger partial charge in [-0.1, -0.05) is 169 Å². The first-order valence-corrected chi connectivity index (χ1v) is 18.0. The van der Waals surface area contributed by atoms with E-state index in [2.05, 4.69) is 110 Å². The lowest BCUT2D eigenvalue weighted by Crippen LogP contribution is -2.38. The lowest BCUT2D eigenvalue weighted by Gasteiger charge is -2.36. The van der Waals surface area contributed by atoms with Gasteiger partial charge >= 0.3 is 0 Å². The van der Waals surface area contributed by atoms with Crippen molar-refractivity contribution in [2.24, 2.45) is 0 Å². The predicted octanol–water partition coefficient (Wildman–Crippen LogP) is 9.52. The molecule has 0 amide bonds. The fourth-order valence-corrected chi connectivity index (χ4v) is 6.43. The minimum atomic E-state index is -0.666. The molecule has 0 heterocycles. The molecule has 0 radical (unpaired) electrons. The molecule has 0 saturated carbocycles. The molecule has 2 atom stereocenters. The summed E-state index contributed by atoms with van der Waals surface area (Å²) >= 11 is 0. The van der Waals surface area contributed by atoms with Crippen LogP contribution < -0.4 is 0 Å². The number of unbranched alkanes of at least 4 members (excludes halogenated alkanes) is 9. The van der Waals surface area contributed by atoms with Crippen molar-refractivity contribution in [3.8, 4) is 0 Å². The zero-order chi connectivity index (χ0) is 32.0. The molecule has 0 fully saturated rings. The van der Waals surface area contributed by atoms with E-state index in [0.717, 1.165) is 74.6 Å². The number of aliphatic hydroxyl groups excluding tert-OH is 2. The van der Waals surface area contributed by atoms with Crippen molar-refractivity contribution in [1.29, 1.82) is 0 Å². The van der Waals surface area contributed by atoms with E-state index in [4.69, 9.17) is 4.74 Å². The topological polar surface area (TPSA) is 52.9 Å². The fraction of sp³-hybridized carbons (Fsp3) is 0.561. The van der Waals surface area contributed by atoms with Crippen molar-refractivity contribution in [2.45, 2.75) is 122 Å². The molecule has 0 aliphatic carbocycles. The van der Waals surface area contributed by atoms with Crippen LogP contribution in [0.2, 0.25) is 0 Å². The van der Waals surface area contributed by atoms with Crippen molar-refractivity contribution in [3.05, 3.63) is 108 Å². The maximum absolute atomic E-state index is 10.8. The van der Waals surface area contributed by atoms with Gasteiger partial charge in [-0.3, -0.25) is 4.90 Å². The van der Waals surface area contributed by atoms with E-state index in [-0.39, 0.29) is 12.2 Å². The molecule has 3 aromatic carbocycles. The van der Waals surface area contributed by atoms with Crippen LogP contribution in [0.3, 0.4) is 0 Å². The van der Waals surface area contributed by atoms with Crippen LogP contribution in [0.15, 0.2) is 91.0 Å². The Hall–Kier alpha value is -2.50. The minimum Gasteiger partial charge on any atom is -0.392 e. The Kier molecular flexibility index (Phi) is 18.2. The Balaban J connectivity index is 1.55. The molecule has 0 saturated heterocycles. The molecule has 2 unspecified atom stereocenters. The van der Waals surface area contributed by atoms with Crippen molar-refractivity contribution >= 4 is 0 Å². The maximum atomic E-state index is 10.8. The maximum Gasteiger partial charge on any atom is 0.143 e. The summed E-state index contributed by atoms with van der Waals surface area (Å²) in [4.78, 5) is 2.32. The second-order valence-electron chi connectivity index (χ2n) is 12.8. The van der Waals surface area contributed by atoms with Crippen LogP contribution in [0.4, 0.5) is 0 Å². The van der Waals surface area contributed by atoms with Gasteiger partial charge in [-0.25, -0.2) is 0 Å². The van der Waals surface area contributed by atoms with E-state index >= 15 is 0 Å². The molecule has 2 N–H and O–H groups in total. The predicted molar refractivity (Wildman–Crippen MR) is 190 cm³/mol. The summed E-state index contributed by atoms with van der Waals surface area (Å²) in [5, 5.41) is 21.5. The van der Waals surface area contributed by atoms with Crippen LogP contribution in [-0.4, -0.2) is 53.6 Å². The quantitative estimate of drug-likeness (QED) is 0.0736. The van der Waals surface area contributed by atoms with E-state index in [9.17, 15) is 10.2 Å². The van der Waals surface area contributed by atoms with Gasteiger partial charge in [0.25, 0.3) is 0 Å². The first-order chi connectivity index (χ1) is 22.1. The van der Waals surface area contributed by atoms with E-state index in [1.165, 1.54) is 38.5 Å². The first kappa shape index (κ1) is 37.0. The van der Waals surface area contributed by atoms with Crippen LogP contribution in [0.5, 0.6) is 0 Å². The minimum absolute atomic E-state index is 0.315. The highest BCUT2D eigenvalue weighted by molar-refractivity contribution is 5.47. The van der Waals surface area contributed by atoms with Crippen molar-refractivity contribution in [2.75, 3.05) is 26.2 Å². The molecule has 0 spiro atoms. The van der Waals surface area contributed by atoms with Crippen LogP contribution in [0, 0.1) is 0 Å². The van der Waals surface area contributed by atoms with E-state index in [0.29, 0.717) is 19.7 Å². The van der Waals surface area contributed by atoms with Crippen molar-refractivity contribution in [3.63, 3.8) is 0 Å². The molecule has 0 aromatic heterocycles. The normalized spacial score (nSPS) is 13.3. The van der Waals surface area contributed by atoms with E-state index in [1.807, 2.05) is 0 Å². The highest BCUT2D eigenvalue weighted by atomic mass is 16.5. The summed E-state index contributed by atoms with van der Waals surface area (Å²) in [5.74, 6) is 0. The standard InChI is InChI=1S/C41H61NO3/c1-3-5-7-20-30-39(43)34-42(35-40(44)31-21-8-6-4-2)32-22-9-10-23-33-45-41(36-24-14-11-15-25-36,37-26-16-12-17-27-37)38-28-18-13-19-29-38/h11-19,24-29,39-40,43-44H,3-10,20-23,30-35H2,1-2H3. The Bertz CT molecular complexity index is 991. The molecule has 3 aromatic rings. The second kappa shape index (κ2) is 22.1. The fourth-order valence-electron chi connectivity index (χ4n) is 6.43. The molecule has 0 aliphatic heterocycles. The first-order valence-electron chi connectivity index (χ1n) is 18.0. The summed E-state index contributed by atoms with van der Waals surface area (Å²) in [6.45, 7) is 7.34. The van der Waals surface area contributed by atoms with Gasteiger partial charge in [0.15, 0.2) is 0 Å². The number of ether oxygens (including phenoxy) is 1. The van der Waals surface area contributed by atoms with Gasteiger partial charge < -0.3 is 14.9 Å². The molecule has 0 bridgehead atoms. The number of hydrogen-bond donors (Lipinski definition) is 2. The summed E-state index contributed by atoms with van der Waals surface area (Å²) < 4.78 is 6.95. The lowest BCUT2D eigenvalue weighted by molar-refractivity contribution is 0.0105. The zero-order valence-electron chi connectivity index (χ0n) is 28.3. The second-order valence-corrected chi connectivity index (χ2v) is 12.8. The van der Waals surface area contributed by atoms with Gasteiger partial charge in [-0.05, 0) is 48.9 Å². The molecule has 4 nitrogen and oxygen atoms in total. The van der Waals surface area contributed by atoms with Crippen LogP contribution in [-0.2, 0) is 10.3 Å². The number of aliphatic hydroxyl groups is 2. The molecular weight excluding hydrogens is 554 g/mol.